The van der Waals surface area contributed by atoms with Crippen LogP contribution in [0.3, 0.4) is 0 Å². The van der Waals surface area contributed by atoms with Gasteiger partial charge in [-0.3, -0.25) is 4.79 Å². The van der Waals surface area contributed by atoms with E-state index in [0.717, 1.165) is 5.39 Å². The molecule has 0 fully saturated rings. The molecule has 31 heavy (non-hydrogen) atoms. The topological polar surface area (TPSA) is 95.6 Å². The molecule has 11 heteroatoms. The van der Waals surface area contributed by atoms with E-state index in [9.17, 15) is 18.0 Å². The first-order chi connectivity index (χ1) is 14.6. The second-order valence-electron chi connectivity index (χ2n) is 6.63. The summed E-state index contributed by atoms with van der Waals surface area (Å²) in [7, 11) is 0. The van der Waals surface area contributed by atoms with Crippen molar-refractivity contribution in [3.63, 3.8) is 0 Å². The molecule has 0 saturated carbocycles. The standard InChI is InChI=1S/C18H18ClF3N6O.C2H6/c1-3-17(2,16(29)26-9-18(20,21)22)28-13-4-5-23-15(27-13)12-8-25-14-11(12)6-10(19)7-24-14;1-2/h4-8H,3,9H2,1-2H3,(H,24,25)(H,26,29)(H,23,27,28);1-2H3. The number of amides is 1. The molecule has 0 aromatic carbocycles. The third-order valence-electron chi connectivity index (χ3n) is 4.46. The molecule has 0 spiro atoms. The van der Waals surface area contributed by atoms with Crippen molar-refractivity contribution in [1.82, 2.24) is 25.3 Å². The van der Waals surface area contributed by atoms with Gasteiger partial charge in [0.05, 0.1) is 5.02 Å². The van der Waals surface area contributed by atoms with Crippen LogP contribution in [0, 0.1) is 0 Å². The molecular weight excluding hydrogens is 433 g/mol. The Kier molecular flexibility index (Phi) is 7.83. The van der Waals surface area contributed by atoms with Gasteiger partial charge in [0.2, 0.25) is 5.91 Å². The number of fused-ring (bicyclic) bond motifs is 1. The van der Waals surface area contributed by atoms with E-state index < -0.39 is 24.2 Å². The van der Waals surface area contributed by atoms with Gasteiger partial charge in [0.15, 0.2) is 5.82 Å². The smallest absolute Gasteiger partial charge is 0.356 e. The Hall–Kier alpha value is -2.88. The van der Waals surface area contributed by atoms with Crippen LogP contribution in [0.5, 0.6) is 0 Å². The minimum atomic E-state index is -4.49. The van der Waals surface area contributed by atoms with E-state index in [-0.39, 0.29) is 6.42 Å². The lowest BCUT2D eigenvalue weighted by atomic mass is 9.97. The Morgan fingerprint density at radius 3 is 2.61 bits per heavy atom. The highest BCUT2D eigenvalue weighted by Gasteiger charge is 2.35. The molecule has 0 aliphatic rings. The van der Waals surface area contributed by atoms with Crippen molar-refractivity contribution in [3.8, 4) is 11.4 Å². The summed E-state index contributed by atoms with van der Waals surface area (Å²) in [6.45, 7) is 5.80. The maximum Gasteiger partial charge on any atom is 0.405 e. The fourth-order valence-electron chi connectivity index (χ4n) is 2.68. The monoisotopic (exact) mass is 456 g/mol. The lowest BCUT2D eigenvalue weighted by molar-refractivity contribution is -0.140. The van der Waals surface area contributed by atoms with Crippen LogP contribution in [-0.4, -0.2) is 44.1 Å². The fourth-order valence-corrected chi connectivity index (χ4v) is 2.84. The molecule has 3 N–H and O–H groups in total. The molecule has 3 aromatic heterocycles. The molecule has 7 nitrogen and oxygen atoms in total. The Balaban J connectivity index is 0.00000166. The van der Waals surface area contributed by atoms with Gasteiger partial charge in [-0.2, -0.15) is 13.2 Å². The molecule has 1 amide bonds. The quantitative estimate of drug-likeness (QED) is 0.487. The molecule has 0 aliphatic carbocycles. The minimum Gasteiger partial charge on any atom is -0.356 e. The molecule has 3 aromatic rings. The fraction of sp³-hybridized carbons (Fsp3) is 0.400. The van der Waals surface area contributed by atoms with Crippen LogP contribution >= 0.6 is 11.6 Å². The summed E-state index contributed by atoms with van der Waals surface area (Å²) >= 11 is 6.01. The molecule has 3 rings (SSSR count). The van der Waals surface area contributed by atoms with Crippen LogP contribution < -0.4 is 10.6 Å². The van der Waals surface area contributed by atoms with Gasteiger partial charge < -0.3 is 15.6 Å². The maximum absolute atomic E-state index is 12.4. The average Bonchev–Trinajstić information content (AvgIpc) is 3.16. The average molecular weight is 457 g/mol. The van der Waals surface area contributed by atoms with E-state index in [1.165, 1.54) is 25.4 Å². The molecule has 0 radical (unpaired) electrons. The SMILES string of the molecule is CC.CCC(C)(Nc1ccnc(-c2c[nH]c3ncc(Cl)cc23)n1)C(=O)NCC(F)(F)F. The van der Waals surface area contributed by atoms with Gasteiger partial charge in [0, 0.05) is 29.5 Å². The number of aromatic nitrogens is 4. The Morgan fingerprint density at radius 1 is 1.26 bits per heavy atom. The van der Waals surface area contributed by atoms with Gasteiger partial charge in [-0.1, -0.05) is 32.4 Å². The number of nitrogens with one attached hydrogen (secondary N) is 3. The van der Waals surface area contributed by atoms with E-state index in [0.29, 0.717) is 27.9 Å². The lowest BCUT2D eigenvalue weighted by Gasteiger charge is -2.29. The summed E-state index contributed by atoms with van der Waals surface area (Å²) in [5.74, 6) is -0.133. The highest BCUT2D eigenvalue weighted by molar-refractivity contribution is 6.31. The predicted octanol–water partition coefficient (Wildman–Crippen LogP) is 4.96. The zero-order valence-electron chi connectivity index (χ0n) is 17.6. The first-order valence-corrected chi connectivity index (χ1v) is 10.1. The Morgan fingerprint density at radius 2 is 1.97 bits per heavy atom. The second-order valence-corrected chi connectivity index (χ2v) is 7.06. The number of carbonyl (C=O) groups is 1. The zero-order valence-corrected chi connectivity index (χ0v) is 18.3. The van der Waals surface area contributed by atoms with Crippen molar-refractivity contribution < 1.29 is 18.0 Å². The van der Waals surface area contributed by atoms with Crippen molar-refractivity contribution in [2.45, 2.75) is 45.8 Å². The summed E-state index contributed by atoms with van der Waals surface area (Å²) in [4.78, 5) is 28.2. The number of rotatable bonds is 6. The molecule has 0 saturated heterocycles. The molecule has 168 valence electrons. The summed E-state index contributed by atoms with van der Waals surface area (Å²) in [6, 6.07) is 3.26. The third kappa shape index (κ3) is 6.06. The highest BCUT2D eigenvalue weighted by Crippen LogP contribution is 2.28. The van der Waals surface area contributed by atoms with Crippen molar-refractivity contribution >= 4 is 34.4 Å². The normalized spacial score (nSPS) is 13.2. The Labute approximate surface area is 182 Å². The number of carbonyl (C=O) groups excluding carboxylic acids is 1. The summed E-state index contributed by atoms with van der Waals surface area (Å²) in [5, 5.41) is 6.00. The van der Waals surface area contributed by atoms with E-state index >= 15 is 0 Å². The molecule has 0 aliphatic heterocycles. The number of aromatic amines is 1. The van der Waals surface area contributed by atoms with Gasteiger partial charge in [-0.15, -0.1) is 0 Å². The number of alkyl halides is 3. The minimum absolute atomic E-state index is 0.239. The first-order valence-electron chi connectivity index (χ1n) is 9.70. The van der Waals surface area contributed by atoms with E-state index in [4.69, 9.17) is 11.6 Å². The second kappa shape index (κ2) is 9.95. The largest absolute Gasteiger partial charge is 0.405 e. The first kappa shape index (κ1) is 24.4. The van der Waals surface area contributed by atoms with Crippen LogP contribution in [0.1, 0.15) is 34.1 Å². The van der Waals surface area contributed by atoms with Crippen LogP contribution in [0.15, 0.2) is 30.7 Å². The molecule has 0 bridgehead atoms. The molecule has 1 unspecified atom stereocenters. The van der Waals surface area contributed by atoms with Crippen LogP contribution in [0.4, 0.5) is 19.0 Å². The van der Waals surface area contributed by atoms with Crippen LogP contribution in [-0.2, 0) is 4.79 Å². The van der Waals surface area contributed by atoms with Gasteiger partial charge >= 0.3 is 6.18 Å². The van der Waals surface area contributed by atoms with Crippen LogP contribution in [0.25, 0.3) is 22.4 Å². The van der Waals surface area contributed by atoms with Crippen molar-refractivity contribution in [2.75, 3.05) is 11.9 Å². The van der Waals surface area contributed by atoms with Crippen molar-refractivity contribution in [1.29, 1.82) is 0 Å². The van der Waals surface area contributed by atoms with Gasteiger partial charge in [0.1, 0.15) is 23.5 Å². The zero-order chi connectivity index (χ0) is 23.2. The lowest BCUT2D eigenvalue weighted by Crippen LogP contribution is -2.52. The van der Waals surface area contributed by atoms with E-state index in [1.807, 2.05) is 19.2 Å². The third-order valence-corrected chi connectivity index (χ3v) is 4.66. The van der Waals surface area contributed by atoms with E-state index in [2.05, 4.69) is 25.3 Å². The highest BCUT2D eigenvalue weighted by atomic mass is 35.5. The summed E-state index contributed by atoms with van der Waals surface area (Å²) in [5.41, 5.74) is -0.0308. The maximum atomic E-state index is 12.4. The van der Waals surface area contributed by atoms with Gasteiger partial charge in [0.25, 0.3) is 0 Å². The Bertz CT molecular complexity index is 1040. The number of anilines is 1. The number of H-pyrrole nitrogens is 1. The molecular formula is C20H24ClF3N6O. The number of hydrogen-bond acceptors (Lipinski definition) is 5. The van der Waals surface area contributed by atoms with Crippen molar-refractivity contribution in [2.24, 2.45) is 0 Å². The molecule has 1 atom stereocenters. The number of pyridine rings is 1. The summed E-state index contributed by atoms with van der Waals surface area (Å²) < 4.78 is 37.3. The number of halogens is 4. The predicted molar refractivity (Wildman–Crippen MR) is 115 cm³/mol. The van der Waals surface area contributed by atoms with Crippen LogP contribution in [0.2, 0.25) is 5.02 Å². The van der Waals surface area contributed by atoms with Gasteiger partial charge in [-0.25, -0.2) is 15.0 Å². The molecule has 3 heterocycles. The summed E-state index contributed by atoms with van der Waals surface area (Å²) in [6.07, 6.45) is 0.433. The number of hydrogen-bond donors (Lipinski definition) is 3. The van der Waals surface area contributed by atoms with Gasteiger partial charge in [-0.05, 0) is 25.5 Å². The number of nitrogens with zero attached hydrogens (tertiary/aromatic N) is 3. The van der Waals surface area contributed by atoms with Crippen molar-refractivity contribution in [3.05, 3.63) is 35.7 Å². The van der Waals surface area contributed by atoms with E-state index in [1.54, 1.807) is 19.2 Å².